The number of aliphatic carboxylic acids is 1. The Hall–Kier alpha value is -2.15. The Kier molecular flexibility index (Phi) is 3.15. The Morgan fingerprint density at radius 1 is 1.47 bits per heavy atom. The Balaban J connectivity index is 2.45. The Morgan fingerprint density at radius 2 is 2.16 bits per heavy atom. The number of nitrogens with two attached hydrogens (primary N) is 1. The smallest absolute Gasteiger partial charge is 0.330 e. The van der Waals surface area contributed by atoms with Crippen molar-refractivity contribution in [1.82, 2.24) is 4.98 Å². The van der Waals surface area contributed by atoms with Crippen LogP contribution in [0.15, 0.2) is 24.4 Å². The maximum atomic E-state index is 12.8. The number of aromatic nitrogens is 1. The quantitative estimate of drug-likeness (QED) is 0.676. The number of hydrogen-bond donors (Lipinski definition) is 4. The van der Waals surface area contributed by atoms with Gasteiger partial charge in [-0.1, -0.05) is 0 Å². The van der Waals surface area contributed by atoms with Crippen molar-refractivity contribution in [2.24, 2.45) is 5.73 Å². The number of benzene rings is 1. The number of carboxylic acids is 1. The fraction of sp³-hybridized carbons (Fsp3) is 0.250. The largest absolute Gasteiger partial charge is 0.508 e. The van der Waals surface area contributed by atoms with Gasteiger partial charge in [0, 0.05) is 23.5 Å². The second-order valence-corrected chi connectivity index (χ2v) is 4.37. The first-order chi connectivity index (χ1) is 8.84. The van der Waals surface area contributed by atoms with Gasteiger partial charge in [-0.15, -0.1) is 0 Å². The first-order valence-electron chi connectivity index (χ1n) is 5.44. The number of phenolic OH excluding ortho intramolecular Hbond substituents is 1. The molecule has 2 aromatic rings. The molecule has 0 aliphatic carbocycles. The molecular weight excluding hydrogens is 258 g/mol. The summed E-state index contributed by atoms with van der Waals surface area (Å²) >= 11 is 0. The summed E-state index contributed by atoms with van der Waals surface area (Å²) in [4.78, 5) is 13.7. The molecule has 2 rings (SSSR count). The summed E-state index contributed by atoms with van der Waals surface area (Å²) in [5.74, 6) is -1.81. The van der Waals surface area contributed by atoms with Crippen LogP contribution in [0.4, 0.5) is 8.78 Å². The van der Waals surface area contributed by atoms with E-state index >= 15 is 0 Å². The third-order valence-electron chi connectivity index (χ3n) is 3.02. The van der Waals surface area contributed by atoms with E-state index in [1.165, 1.54) is 18.3 Å². The van der Waals surface area contributed by atoms with Crippen molar-refractivity contribution in [1.29, 1.82) is 0 Å². The molecule has 1 heterocycles. The average molecular weight is 270 g/mol. The number of hydrogen-bond acceptors (Lipinski definition) is 3. The van der Waals surface area contributed by atoms with Crippen LogP contribution in [0.25, 0.3) is 10.9 Å². The van der Waals surface area contributed by atoms with Crippen LogP contribution < -0.4 is 5.73 Å². The van der Waals surface area contributed by atoms with Crippen LogP contribution in [-0.2, 0) is 11.2 Å². The topological polar surface area (TPSA) is 99.3 Å². The van der Waals surface area contributed by atoms with Crippen molar-refractivity contribution in [3.05, 3.63) is 30.0 Å². The lowest BCUT2D eigenvalue weighted by atomic mass is 9.92. The van der Waals surface area contributed by atoms with Gasteiger partial charge >= 0.3 is 5.97 Å². The van der Waals surface area contributed by atoms with Gasteiger partial charge in [0.1, 0.15) is 5.75 Å². The van der Waals surface area contributed by atoms with Crippen LogP contribution in [0.2, 0.25) is 0 Å². The summed E-state index contributed by atoms with van der Waals surface area (Å²) in [7, 11) is 0. The van der Waals surface area contributed by atoms with Gasteiger partial charge in [0.15, 0.2) is 5.54 Å². The fourth-order valence-electron chi connectivity index (χ4n) is 1.87. The van der Waals surface area contributed by atoms with Crippen molar-refractivity contribution < 1.29 is 23.8 Å². The van der Waals surface area contributed by atoms with Gasteiger partial charge in [0.25, 0.3) is 6.43 Å². The molecule has 0 bridgehead atoms. The minimum Gasteiger partial charge on any atom is -0.508 e. The number of fused-ring (bicyclic) bond motifs is 1. The normalized spacial score (nSPS) is 14.7. The van der Waals surface area contributed by atoms with Crippen LogP contribution in [0, 0.1) is 0 Å². The number of carboxylic acid groups (broad SMARTS) is 1. The molecule has 0 saturated carbocycles. The highest BCUT2D eigenvalue weighted by Gasteiger charge is 2.44. The molecule has 19 heavy (non-hydrogen) atoms. The van der Waals surface area contributed by atoms with Gasteiger partial charge in [0.2, 0.25) is 0 Å². The monoisotopic (exact) mass is 270 g/mol. The van der Waals surface area contributed by atoms with E-state index in [4.69, 9.17) is 10.8 Å². The molecule has 0 aliphatic rings. The van der Waals surface area contributed by atoms with Gasteiger partial charge in [-0.05, 0) is 23.8 Å². The van der Waals surface area contributed by atoms with Crippen molar-refractivity contribution in [2.75, 3.05) is 0 Å². The van der Waals surface area contributed by atoms with Crippen LogP contribution >= 0.6 is 0 Å². The maximum Gasteiger partial charge on any atom is 0.330 e. The molecule has 0 saturated heterocycles. The SMILES string of the molecule is NC(Cc1c[nH]c2ccc(O)cc12)(C(=O)O)C(F)F. The van der Waals surface area contributed by atoms with E-state index in [2.05, 4.69) is 4.98 Å². The Morgan fingerprint density at radius 3 is 2.74 bits per heavy atom. The lowest BCUT2D eigenvalue weighted by Crippen LogP contribution is -2.55. The maximum absolute atomic E-state index is 12.8. The van der Waals surface area contributed by atoms with Crippen molar-refractivity contribution in [3.8, 4) is 5.75 Å². The van der Waals surface area contributed by atoms with Crippen molar-refractivity contribution in [2.45, 2.75) is 18.4 Å². The number of aromatic amines is 1. The molecule has 0 aliphatic heterocycles. The molecule has 7 heteroatoms. The molecule has 0 fully saturated rings. The molecule has 1 unspecified atom stereocenters. The molecule has 0 spiro atoms. The molecule has 1 aromatic carbocycles. The molecule has 0 amide bonds. The molecule has 1 aromatic heterocycles. The van der Waals surface area contributed by atoms with Crippen LogP contribution in [0.1, 0.15) is 5.56 Å². The second-order valence-electron chi connectivity index (χ2n) is 4.37. The Labute approximate surface area is 106 Å². The fourth-order valence-corrected chi connectivity index (χ4v) is 1.87. The first kappa shape index (κ1) is 13.3. The molecular formula is C12H12F2N2O3. The van der Waals surface area contributed by atoms with E-state index in [-0.39, 0.29) is 5.75 Å². The van der Waals surface area contributed by atoms with Gasteiger partial charge < -0.3 is 20.9 Å². The highest BCUT2D eigenvalue weighted by Crippen LogP contribution is 2.27. The van der Waals surface area contributed by atoms with Gasteiger partial charge in [0.05, 0.1) is 0 Å². The predicted octanol–water partition coefficient (Wildman–Crippen LogP) is 1.46. The van der Waals surface area contributed by atoms with E-state index in [1.807, 2.05) is 0 Å². The zero-order valence-corrected chi connectivity index (χ0v) is 9.73. The number of aromatic hydroxyl groups is 1. The number of nitrogens with one attached hydrogen (secondary N) is 1. The van der Waals surface area contributed by atoms with Gasteiger partial charge in [-0.3, -0.25) is 0 Å². The first-order valence-corrected chi connectivity index (χ1v) is 5.44. The van der Waals surface area contributed by atoms with Crippen LogP contribution in [0.3, 0.4) is 0 Å². The number of H-pyrrole nitrogens is 1. The minimum absolute atomic E-state index is 0.0386. The number of halogens is 2. The molecule has 5 nitrogen and oxygen atoms in total. The standard InChI is InChI=1S/C12H12F2N2O3/c13-10(14)12(15,11(18)19)4-6-5-16-9-2-1-7(17)3-8(6)9/h1-3,5,10,16-17H,4,15H2,(H,18,19). The third-order valence-corrected chi connectivity index (χ3v) is 3.02. The molecule has 5 N–H and O–H groups in total. The van der Waals surface area contributed by atoms with Gasteiger partial charge in [-0.2, -0.15) is 0 Å². The van der Waals surface area contributed by atoms with E-state index in [0.29, 0.717) is 16.5 Å². The van der Waals surface area contributed by atoms with E-state index < -0.39 is 24.4 Å². The van der Waals surface area contributed by atoms with Crippen molar-refractivity contribution >= 4 is 16.9 Å². The summed E-state index contributed by atoms with van der Waals surface area (Å²) < 4.78 is 25.7. The molecule has 102 valence electrons. The van der Waals surface area contributed by atoms with E-state index in [1.54, 1.807) is 6.07 Å². The van der Waals surface area contributed by atoms with Crippen molar-refractivity contribution in [3.63, 3.8) is 0 Å². The number of rotatable bonds is 4. The minimum atomic E-state index is -3.20. The molecule has 0 radical (unpaired) electrons. The molecule has 1 atom stereocenters. The van der Waals surface area contributed by atoms with Crippen LogP contribution in [0.5, 0.6) is 5.75 Å². The number of alkyl halides is 2. The summed E-state index contributed by atoms with van der Waals surface area (Å²) in [6.07, 6.45) is -2.33. The number of phenols is 1. The van der Waals surface area contributed by atoms with Gasteiger partial charge in [-0.25, -0.2) is 13.6 Å². The Bertz CT molecular complexity index is 626. The van der Waals surface area contributed by atoms with Crippen LogP contribution in [-0.4, -0.2) is 33.1 Å². The van der Waals surface area contributed by atoms with E-state index in [9.17, 15) is 18.7 Å². The summed E-state index contributed by atoms with van der Waals surface area (Å²) in [6.45, 7) is 0. The zero-order chi connectivity index (χ0) is 14.2. The predicted molar refractivity (Wildman–Crippen MR) is 64.2 cm³/mol. The van der Waals surface area contributed by atoms with E-state index in [0.717, 1.165) is 0 Å². The zero-order valence-electron chi connectivity index (χ0n) is 9.73. The average Bonchev–Trinajstić information content (AvgIpc) is 2.71. The summed E-state index contributed by atoms with van der Waals surface area (Å²) in [5, 5.41) is 18.7. The number of carbonyl (C=O) groups is 1. The second kappa shape index (κ2) is 4.51. The highest BCUT2D eigenvalue weighted by atomic mass is 19.3. The lowest BCUT2D eigenvalue weighted by molar-refractivity contribution is -0.149. The third kappa shape index (κ3) is 2.24. The highest BCUT2D eigenvalue weighted by molar-refractivity contribution is 5.86. The lowest BCUT2D eigenvalue weighted by Gasteiger charge is -2.23. The summed E-state index contributed by atoms with van der Waals surface area (Å²) in [6, 6.07) is 4.37. The summed E-state index contributed by atoms with van der Waals surface area (Å²) in [5.41, 5.74) is 3.55.